The van der Waals surface area contributed by atoms with Gasteiger partial charge in [0.1, 0.15) is 5.70 Å². The van der Waals surface area contributed by atoms with Crippen LogP contribution in [0, 0.1) is 11.8 Å². The minimum atomic E-state index is -1.11. The molecule has 3 fully saturated rings. The van der Waals surface area contributed by atoms with E-state index in [1.807, 2.05) is 24.9 Å². The number of aliphatic hydroxyl groups excluding tert-OH is 1. The normalized spacial score (nSPS) is 23.3. The van der Waals surface area contributed by atoms with Crippen LogP contribution in [0.4, 0.5) is 4.79 Å². The predicted octanol–water partition coefficient (Wildman–Crippen LogP) is 0.755. The number of aryl methyl sites for hydroxylation is 1. The number of urea groups is 1. The maximum absolute atomic E-state index is 12.5. The van der Waals surface area contributed by atoms with Crippen molar-refractivity contribution in [2.45, 2.75) is 94.8 Å². The fourth-order valence-corrected chi connectivity index (χ4v) is 9.75. The summed E-state index contributed by atoms with van der Waals surface area (Å²) in [4.78, 5) is 49.4. The van der Waals surface area contributed by atoms with E-state index in [1.165, 1.54) is 4.90 Å². The summed E-state index contributed by atoms with van der Waals surface area (Å²) in [6, 6.07) is 0.0814. The Balaban J connectivity index is 0.718. The van der Waals surface area contributed by atoms with Crippen molar-refractivity contribution in [2.75, 3.05) is 105 Å². The Labute approximate surface area is 367 Å². The first-order valence-corrected chi connectivity index (χ1v) is 23.1. The average molecular weight is 898 g/mol. The molecule has 0 spiro atoms. The molecule has 4 aliphatic rings. The number of aliphatic carboxylic acids is 1. The molecule has 3 saturated heterocycles. The predicted molar refractivity (Wildman–Crippen MR) is 225 cm³/mol. The van der Waals surface area contributed by atoms with Gasteiger partial charge in [-0.2, -0.15) is 11.8 Å². The first kappa shape index (κ1) is 49.6. The van der Waals surface area contributed by atoms with E-state index in [0.717, 1.165) is 36.3 Å². The van der Waals surface area contributed by atoms with Gasteiger partial charge in [0.05, 0.1) is 135 Å². The third-order valence-corrected chi connectivity index (χ3v) is 12.8. The molecule has 0 saturated carbocycles. The average Bonchev–Trinajstić information content (AvgIpc) is 4.00. The third-order valence-electron chi connectivity index (χ3n) is 11.3. The molecule has 21 heteroatoms. The Bertz CT molecular complexity index is 1590. The Kier molecular flexibility index (Phi) is 21.6. The first-order chi connectivity index (χ1) is 30.2. The largest absolute Gasteiger partial charge is 0.477 e. The lowest BCUT2D eigenvalue weighted by Gasteiger charge is -2.46. The Morgan fingerprint density at radius 1 is 0.855 bits per heavy atom. The molecule has 4 amide bonds. The van der Waals surface area contributed by atoms with Crippen LogP contribution >= 0.6 is 11.8 Å². The summed E-state index contributed by atoms with van der Waals surface area (Å²) >= 11 is 1.90. The molecule has 0 aliphatic carbocycles. The van der Waals surface area contributed by atoms with Crippen molar-refractivity contribution in [2.24, 2.45) is 11.8 Å². The Morgan fingerprint density at radius 2 is 1.45 bits per heavy atom. The monoisotopic (exact) mass is 897 g/mol. The minimum absolute atomic E-state index is 0.0329. The fraction of sp³-hybridized carbons (Fsp3) is 0.805. The van der Waals surface area contributed by atoms with Crippen molar-refractivity contribution in [1.82, 2.24) is 35.8 Å². The number of amides is 4. The number of hydrogen-bond acceptors (Lipinski definition) is 15. The van der Waals surface area contributed by atoms with Crippen molar-refractivity contribution >= 4 is 35.6 Å². The van der Waals surface area contributed by atoms with Crippen LogP contribution in [0.15, 0.2) is 17.5 Å². The zero-order chi connectivity index (χ0) is 44.1. The molecule has 4 aliphatic heterocycles. The van der Waals surface area contributed by atoms with Gasteiger partial charge in [0.15, 0.2) is 0 Å². The number of nitrogens with one attached hydrogen (secondary N) is 3. The number of carboxylic acid groups (broad SMARTS) is 1. The molecule has 5 N–H and O–H groups in total. The lowest BCUT2D eigenvalue weighted by molar-refractivity contribution is -0.163. The summed E-state index contributed by atoms with van der Waals surface area (Å²) < 4.78 is 40.5. The highest BCUT2D eigenvalue weighted by molar-refractivity contribution is 8.00. The highest BCUT2D eigenvalue weighted by Crippen LogP contribution is 2.48. The number of rotatable bonds is 35. The Morgan fingerprint density at radius 3 is 2.05 bits per heavy atom. The van der Waals surface area contributed by atoms with Crippen molar-refractivity contribution in [3.05, 3.63) is 23.2 Å². The van der Waals surface area contributed by atoms with E-state index in [0.29, 0.717) is 137 Å². The SMILES string of the molecule is CC(O)C1C(=O)N2C(C(=O)O)=C(CCCc3cn(CCOCCOCCOCCOCCOCCOCCOCCNC(=O)CCCCC4SCC5NC(=O)NC54)nn3)C(C)C12. The van der Waals surface area contributed by atoms with Crippen LogP contribution in [-0.2, 0) is 60.5 Å². The maximum Gasteiger partial charge on any atom is 0.352 e. The second kappa shape index (κ2) is 27.0. The van der Waals surface area contributed by atoms with Crippen LogP contribution in [0.25, 0.3) is 0 Å². The topological polar surface area (TPSA) is 243 Å². The van der Waals surface area contributed by atoms with Gasteiger partial charge in [0.2, 0.25) is 11.8 Å². The van der Waals surface area contributed by atoms with Crippen molar-refractivity contribution in [3.63, 3.8) is 0 Å². The summed E-state index contributed by atoms with van der Waals surface area (Å²) in [7, 11) is 0. The zero-order valence-electron chi connectivity index (χ0n) is 36.2. The molecule has 0 bridgehead atoms. The quantitative estimate of drug-likeness (QED) is 0.0359. The van der Waals surface area contributed by atoms with Gasteiger partial charge >= 0.3 is 12.0 Å². The van der Waals surface area contributed by atoms with Gasteiger partial charge in [-0.25, -0.2) is 14.3 Å². The molecule has 62 heavy (non-hydrogen) atoms. The number of aliphatic hydroxyl groups is 1. The molecule has 0 radical (unpaired) electrons. The zero-order valence-corrected chi connectivity index (χ0v) is 37.0. The Hall–Kier alpha value is -3.41. The highest BCUT2D eigenvalue weighted by atomic mass is 32.2. The number of aromatic nitrogens is 3. The number of carbonyl (C=O) groups excluding carboxylic acids is 3. The van der Waals surface area contributed by atoms with Gasteiger partial charge in [-0.1, -0.05) is 18.6 Å². The van der Waals surface area contributed by atoms with Gasteiger partial charge in [-0.05, 0) is 44.6 Å². The van der Waals surface area contributed by atoms with Crippen LogP contribution in [0.3, 0.4) is 0 Å². The van der Waals surface area contributed by atoms with Crippen LogP contribution in [0.1, 0.15) is 58.1 Å². The van der Waals surface area contributed by atoms with Gasteiger partial charge in [-0.3, -0.25) is 9.59 Å². The number of unbranched alkanes of at least 4 members (excludes halogenated alkanes) is 1. The number of thioether (sulfide) groups is 1. The first-order valence-electron chi connectivity index (χ1n) is 22.0. The number of ether oxygens (including phenoxy) is 7. The van der Waals surface area contributed by atoms with E-state index in [2.05, 4.69) is 26.3 Å². The summed E-state index contributed by atoms with van der Waals surface area (Å²) in [6.45, 7) is 10.8. The van der Waals surface area contributed by atoms with Gasteiger partial charge in [0.25, 0.3) is 0 Å². The molecular formula is C41H67N7O13S. The summed E-state index contributed by atoms with van der Waals surface area (Å²) in [6.07, 6.45) is 6.14. The molecule has 7 atom stereocenters. The van der Waals surface area contributed by atoms with Gasteiger partial charge < -0.3 is 64.2 Å². The van der Waals surface area contributed by atoms with E-state index in [1.54, 1.807) is 11.6 Å². The van der Waals surface area contributed by atoms with E-state index in [9.17, 15) is 29.4 Å². The minimum Gasteiger partial charge on any atom is -0.477 e. The molecular weight excluding hydrogens is 831 g/mol. The molecule has 350 valence electrons. The van der Waals surface area contributed by atoms with Crippen LogP contribution in [-0.4, -0.2) is 188 Å². The maximum atomic E-state index is 12.5. The highest BCUT2D eigenvalue weighted by Gasteiger charge is 2.59. The van der Waals surface area contributed by atoms with E-state index in [4.69, 9.17) is 33.2 Å². The molecule has 0 aromatic carbocycles. The van der Waals surface area contributed by atoms with Crippen molar-refractivity contribution in [3.8, 4) is 0 Å². The number of β-lactam (4-membered cyclic amide) rings is 1. The molecule has 5 heterocycles. The van der Waals surface area contributed by atoms with E-state index < -0.39 is 18.0 Å². The summed E-state index contributed by atoms with van der Waals surface area (Å²) in [5, 5.41) is 37.5. The summed E-state index contributed by atoms with van der Waals surface area (Å²) in [5.74, 6) is -1.13. The molecule has 20 nitrogen and oxygen atoms in total. The van der Waals surface area contributed by atoms with Crippen molar-refractivity contribution < 1.29 is 62.5 Å². The molecule has 1 aromatic rings. The number of hydrogen-bond donors (Lipinski definition) is 5. The second-order valence-corrected chi connectivity index (χ2v) is 17.0. The standard InChI is InChI=1S/C41H67N7O13S/c1-28-31(38(40(52)53)48-37(28)35(29(2)49)39(48)51)7-5-6-30-26-47(46-45-30)11-13-56-15-17-58-19-21-60-23-25-61-24-22-59-20-18-57-16-14-55-12-10-42-34(50)9-4-3-8-33-36-32(27-62-33)43-41(54)44-36/h26,28-29,32-33,35-37,49H,3-25,27H2,1-2H3,(H,42,50)(H,52,53)(H2,43,44,54). The van der Waals surface area contributed by atoms with Crippen LogP contribution in [0.5, 0.6) is 0 Å². The number of carbonyl (C=O) groups is 4. The number of fused-ring (bicyclic) bond motifs is 2. The van der Waals surface area contributed by atoms with Crippen LogP contribution in [0.2, 0.25) is 0 Å². The number of nitrogens with zero attached hydrogens (tertiary/aromatic N) is 4. The second-order valence-electron chi connectivity index (χ2n) is 15.8. The third kappa shape index (κ3) is 15.4. The van der Waals surface area contributed by atoms with E-state index >= 15 is 0 Å². The fourth-order valence-electron chi connectivity index (χ4n) is 8.21. The smallest absolute Gasteiger partial charge is 0.352 e. The van der Waals surface area contributed by atoms with E-state index in [-0.39, 0.29) is 47.6 Å². The van der Waals surface area contributed by atoms with Gasteiger partial charge in [-0.15, -0.1) is 5.10 Å². The van der Waals surface area contributed by atoms with Crippen LogP contribution < -0.4 is 16.0 Å². The van der Waals surface area contributed by atoms with Gasteiger partial charge in [0, 0.05) is 36.1 Å². The molecule has 5 rings (SSSR count). The molecule has 7 unspecified atom stereocenters. The lowest BCUT2D eigenvalue weighted by Crippen LogP contribution is -2.63. The molecule has 1 aromatic heterocycles. The van der Waals surface area contributed by atoms with Crippen molar-refractivity contribution in [1.29, 1.82) is 0 Å². The number of carboxylic acids is 1. The summed E-state index contributed by atoms with van der Waals surface area (Å²) in [5.41, 5.74) is 1.61. The lowest BCUT2D eigenvalue weighted by atomic mass is 9.77.